The van der Waals surface area contributed by atoms with E-state index >= 15 is 0 Å². The SMILES string of the molecule is Cn1cc(C2NNCC2CC(=O)O)c2ccccc21. The highest BCUT2D eigenvalue weighted by Gasteiger charge is 2.31. The van der Waals surface area contributed by atoms with Crippen LogP contribution in [-0.4, -0.2) is 22.2 Å². The maximum absolute atomic E-state index is 10.9. The molecule has 1 aromatic carbocycles. The van der Waals surface area contributed by atoms with Crippen molar-refractivity contribution in [3.8, 4) is 0 Å². The first-order valence-electron chi connectivity index (χ1n) is 6.41. The molecule has 1 aromatic heterocycles. The summed E-state index contributed by atoms with van der Waals surface area (Å²) >= 11 is 0. The van der Waals surface area contributed by atoms with Crippen molar-refractivity contribution in [3.05, 3.63) is 36.0 Å². The van der Waals surface area contributed by atoms with Crippen LogP contribution in [0.2, 0.25) is 0 Å². The number of hydrogen-bond acceptors (Lipinski definition) is 3. The van der Waals surface area contributed by atoms with Crippen molar-refractivity contribution in [1.82, 2.24) is 15.4 Å². The first-order valence-corrected chi connectivity index (χ1v) is 6.41. The lowest BCUT2D eigenvalue weighted by Crippen LogP contribution is -2.25. The molecule has 1 fully saturated rings. The van der Waals surface area contributed by atoms with Crippen LogP contribution < -0.4 is 10.9 Å². The summed E-state index contributed by atoms with van der Waals surface area (Å²) in [6.45, 7) is 0.681. The Labute approximate surface area is 111 Å². The molecule has 2 unspecified atom stereocenters. The number of rotatable bonds is 3. The molecule has 5 nitrogen and oxygen atoms in total. The smallest absolute Gasteiger partial charge is 0.303 e. The maximum atomic E-state index is 10.9. The van der Waals surface area contributed by atoms with Crippen LogP contribution in [0.3, 0.4) is 0 Å². The molecule has 100 valence electrons. The van der Waals surface area contributed by atoms with E-state index in [1.807, 2.05) is 19.2 Å². The first kappa shape index (κ1) is 12.2. The van der Waals surface area contributed by atoms with Gasteiger partial charge in [-0.2, -0.15) is 0 Å². The minimum absolute atomic E-state index is 0.0437. The Morgan fingerprint density at radius 1 is 1.47 bits per heavy atom. The number of carboxylic acids is 1. The molecule has 2 heterocycles. The number of nitrogens with zero attached hydrogens (tertiary/aromatic N) is 1. The van der Waals surface area contributed by atoms with Crippen molar-refractivity contribution >= 4 is 16.9 Å². The Hall–Kier alpha value is -1.85. The number of fused-ring (bicyclic) bond motifs is 1. The number of carboxylic acid groups (broad SMARTS) is 1. The molecule has 0 amide bonds. The molecule has 5 heteroatoms. The van der Waals surface area contributed by atoms with Gasteiger partial charge in [-0.1, -0.05) is 18.2 Å². The normalized spacial score (nSPS) is 23.0. The molecule has 0 bridgehead atoms. The molecule has 3 rings (SSSR count). The van der Waals surface area contributed by atoms with Gasteiger partial charge in [0.1, 0.15) is 0 Å². The Balaban J connectivity index is 2.01. The van der Waals surface area contributed by atoms with Gasteiger partial charge in [-0.25, -0.2) is 5.43 Å². The number of carbonyl (C=O) groups is 1. The topological polar surface area (TPSA) is 66.3 Å². The highest BCUT2D eigenvalue weighted by atomic mass is 16.4. The molecule has 0 aliphatic carbocycles. The third-order valence-electron chi connectivity index (χ3n) is 3.79. The van der Waals surface area contributed by atoms with E-state index in [-0.39, 0.29) is 18.4 Å². The number of aryl methyl sites for hydroxylation is 1. The number of benzene rings is 1. The molecule has 0 saturated carbocycles. The zero-order valence-corrected chi connectivity index (χ0v) is 10.8. The summed E-state index contributed by atoms with van der Waals surface area (Å²) in [5.74, 6) is -0.677. The maximum Gasteiger partial charge on any atom is 0.303 e. The van der Waals surface area contributed by atoms with Gasteiger partial charge in [-0.3, -0.25) is 10.2 Å². The lowest BCUT2D eigenvalue weighted by atomic mass is 9.92. The fourth-order valence-corrected chi connectivity index (χ4v) is 2.90. The highest BCUT2D eigenvalue weighted by Crippen LogP contribution is 2.33. The van der Waals surface area contributed by atoms with E-state index in [1.165, 1.54) is 10.9 Å². The standard InChI is InChI=1S/C14H17N3O2/c1-17-8-11(10-4-2-3-5-12(10)17)14-9(6-13(18)19)7-15-16-14/h2-5,8-9,14-16H,6-7H2,1H3,(H,18,19). The van der Waals surface area contributed by atoms with Crippen molar-refractivity contribution in [2.45, 2.75) is 12.5 Å². The number of aromatic nitrogens is 1. The summed E-state index contributed by atoms with van der Waals surface area (Å²) in [5.41, 5.74) is 8.61. The van der Waals surface area contributed by atoms with Crippen LogP contribution in [0.4, 0.5) is 0 Å². The quantitative estimate of drug-likeness (QED) is 0.780. The molecule has 1 aliphatic rings. The van der Waals surface area contributed by atoms with Gasteiger partial charge in [0.2, 0.25) is 0 Å². The second-order valence-corrected chi connectivity index (χ2v) is 5.07. The van der Waals surface area contributed by atoms with E-state index in [0.29, 0.717) is 6.54 Å². The average Bonchev–Trinajstić information content (AvgIpc) is 2.94. The summed E-state index contributed by atoms with van der Waals surface area (Å²) in [7, 11) is 2.01. The molecule has 1 saturated heterocycles. The minimum atomic E-state index is -0.749. The monoisotopic (exact) mass is 259 g/mol. The van der Waals surface area contributed by atoms with Gasteiger partial charge in [-0.05, 0) is 11.6 Å². The number of hydrazine groups is 1. The zero-order chi connectivity index (χ0) is 13.4. The van der Waals surface area contributed by atoms with E-state index in [1.54, 1.807) is 0 Å². The Bertz CT molecular complexity index is 620. The summed E-state index contributed by atoms with van der Waals surface area (Å²) < 4.78 is 2.09. The van der Waals surface area contributed by atoms with Gasteiger partial charge in [-0.15, -0.1) is 0 Å². The minimum Gasteiger partial charge on any atom is -0.481 e. The largest absolute Gasteiger partial charge is 0.481 e. The van der Waals surface area contributed by atoms with Crippen molar-refractivity contribution in [1.29, 1.82) is 0 Å². The molecule has 19 heavy (non-hydrogen) atoms. The van der Waals surface area contributed by atoms with Gasteiger partial charge in [0.15, 0.2) is 0 Å². The number of para-hydroxylation sites is 1. The van der Waals surface area contributed by atoms with E-state index in [4.69, 9.17) is 5.11 Å². The third-order valence-corrected chi connectivity index (χ3v) is 3.79. The summed E-state index contributed by atoms with van der Waals surface area (Å²) in [6, 6.07) is 8.24. The molecular weight excluding hydrogens is 242 g/mol. The zero-order valence-electron chi connectivity index (χ0n) is 10.8. The van der Waals surface area contributed by atoms with Gasteiger partial charge in [0.25, 0.3) is 0 Å². The molecule has 2 atom stereocenters. The fourth-order valence-electron chi connectivity index (χ4n) is 2.90. The van der Waals surface area contributed by atoms with Crippen LogP contribution >= 0.6 is 0 Å². The predicted molar refractivity (Wildman–Crippen MR) is 72.5 cm³/mol. The molecule has 0 radical (unpaired) electrons. The number of hydrogen-bond donors (Lipinski definition) is 3. The van der Waals surface area contributed by atoms with E-state index in [9.17, 15) is 4.79 Å². The molecule has 0 spiro atoms. The van der Waals surface area contributed by atoms with Crippen molar-refractivity contribution in [2.24, 2.45) is 13.0 Å². The van der Waals surface area contributed by atoms with E-state index in [2.05, 4.69) is 33.7 Å². The van der Waals surface area contributed by atoms with Gasteiger partial charge < -0.3 is 9.67 Å². The molecule has 2 aromatic rings. The van der Waals surface area contributed by atoms with Crippen LogP contribution in [0.5, 0.6) is 0 Å². The van der Waals surface area contributed by atoms with E-state index in [0.717, 1.165) is 5.56 Å². The van der Waals surface area contributed by atoms with Crippen molar-refractivity contribution in [2.75, 3.05) is 6.54 Å². The lowest BCUT2D eigenvalue weighted by Gasteiger charge is -2.16. The first-order chi connectivity index (χ1) is 9.16. The summed E-state index contributed by atoms with van der Waals surface area (Å²) in [5, 5.41) is 10.2. The second kappa shape index (κ2) is 4.68. The molecule has 3 N–H and O–H groups in total. The average molecular weight is 259 g/mol. The molecular formula is C14H17N3O2. The predicted octanol–water partition coefficient (Wildman–Crippen LogP) is 1.42. The van der Waals surface area contributed by atoms with Crippen LogP contribution in [0.15, 0.2) is 30.5 Å². The Kier molecular flexibility index (Phi) is 3.00. The number of nitrogens with one attached hydrogen (secondary N) is 2. The van der Waals surface area contributed by atoms with Crippen LogP contribution in [0.1, 0.15) is 18.0 Å². The Morgan fingerprint density at radius 3 is 3.05 bits per heavy atom. The van der Waals surface area contributed by atoms with Crippen LogP contribution in [-0.2, 0) is 11.8 Å². The summed E-state index contributed by atoms with van der Waals surface area (Å²) in [6.07, 6.45) is 2.26. The van der Waals surface area contributed by atoms with Gasteiger partial charge in [0.05, 0.1) is 12.5 Å². The van der Waals surface area contributed by atoms with Crippen LogP contribution in [0.25, 0.3) is 10.9 Å². The van der Waals surface area contributed by atoms with Gasteiger partial charge >= 0.3 is 5.97 Å². The van der Waals surface area contributed by atoms with Gasteiger partial charge in [0, 0.05) is 36.6 Å². The highest BCUT2D eigenvalue weighted by molar-refractivity contribution is 5.84. The van der Waals surface area contributed by atoms with E-state index < -0.39 is 5.97 Å². The summed E-state index contributed by atoms with van der Waals surface area (Å²) in [4.78, 5) is 10.9. The van der Waals surface area contributed by atoms with Crippen molar-refractivity contribution in [3.63, 3.8) is 0 Å². The van der Waals surface area contributed by atoms with Crippen LogP contribution in [0, 0.1) is 5.92 Å². The van der Waals surface area contributed by atoms with Crippen molar-refractivity contribution < 1.29 is 9.90 Å². The lowest BCUT2D eigenvalue weighted by molar-refractivity contribution is -0.138. The molecule has 1 aliphatic heterocycles. The Morgan fingerprint density at radius 2 is 2.26 bits per heavy atom. The number of aliphatic carboxylic acids is 1. The fraction of sp³-hybridized carbons (Fsp3) is 0.357. The third kappa shape index (κ3) is 2.11. The second-order valence-electron chi connectivity index (χ2n) is 5.07.